The van der Waals surface area contributed by atoms with Crippen molar-refractivity contribution in [2.75, 3.05) is 13.2 Å². The summed E-state index contributed by atoms with van der Waals surface area (Å²) in [5.41, 5.74) is 1.49. The Morgan fingerprint density at radius 1 is 1.40 bits per heavy atom. The highest BCUT2D eigenvalue weighted by atomic mass is 19.1. The van der Waals surface area contributed by atoms with Crippen LogP contribution in [0.3, 0.4) is 0 Å². The molecule has 2 heterocycles. The maximum atomic E-state index is 13.3. The third-order valence-corrected chi connectivity index (χ3v) is 3.09. The zero-order valence-corrected chi connectivity index (χ0v) is 11.4. The first-order chi connectivity index (χ1) is 9.63. The number of hydrogen-bond donors (Lipinski definition) is 2. The second-order valence-electron chi connectivity index (χ2n) is 4.66. The standard InChI is InChI=1S/C14H18FN3O2/c1-10-13(14(20)16-7-3-2-4-8-19)18-9-11(15)5-6-12(18)17-10/h5-6,9,19H,2-4,7-8H2,1H3,(H,16,20). The van der Waals surface area contributed by atoms with Gasteiger partial charge >= 0.3 is 0 Å². The zero-order chi connectivity index (χ0) is 14.5. The van der Waals surface area contributed by atoms with Gasteiger partial charge in [-0.1, -0.05) is 0 Å². The van der Waals surface area contributed by atoms with Gasteiger partial charge in [0.15, 0.2) is 0 Å². The van der Waals surface area contributed by atoms with Crippen LogP contribution < -0.4 is 5.32 Å². The Kier molecular flexibility index (Phi) is 4.68. The van der Waals surface area contributed by atoms with E-state index in [4.69, 9.17) is 5.11 Å². The Hall–Kier alpha value is -1.95. The van der Waals surface area contributed by atoms with Crippen molar-refractivity contribution in [3.8, 4) is 0 Å². The van der Waals surface area contributed by atoms with Gasteiger partial charge in [-0.3, -0.25) is 9.20 Å². The number of pyridine rings is 1. The highest BCUT2D eigenvalue weighted by Crippen LogP contribution is 2.13. The number of aromatic nitrogens is 2. The van der Waals surface area contributed by atoms with E-state index in [-0.39, 0.29) is 12.5 Å². The van der Waals surface area contributed by atoms with Gasteiger partial charge in [0.1, 0.15) is 17.2 Å². The molecule has 2 rings (SSSR count). The molecule has 0 unspecified atom stereocenters. The molecule has 0 aromatic carbocycles. The molecule has 0 aliphatic heterocycles. The van der Waals surface area contributed by atoms with Gasteiger partial charge in [-0.05, 0) is 38.3 Å². The third kappa shape index (κ3) is 3.14. The molecule has 108 valence electrons. The van der Waals surface area contributed by atoms with Gasteiger partial charge in [-0.2, -0.15) is 0 Å². The first-order valence-electron chi connectivity index (χ1n) is 6.66. The topological polar surface area (TPSA) is 66.6 Å². The molecule has 5 nitrogen and oxygen atoms in total. The number of carbonyl (C=O) groups is 1. The van der Waals surface area contributed by atoms with Gasteiger partial charge in [0.2, 0.25) is 0 Å². The molecule has 2 aromatic rings. The second-order valence-corrected chi connectivity index (χ2v) is 4.66. The number of rotatable bonds is 6. The molecule has 2 N–H and O–H groups in total. The molecule has 0 aliphatic carbocycles. The Morgan fingerprint density at radius 3 is 2.95 bits per heavy atom. The summed E-state index contributed by atoms with van der Waals surface area (Å²) in [5.74, 6) is -0.670. The number of unbranched alkanes of at least 4 members (excludes halogenated alkanes) is 2. The van der Waals surface area contributed by atoms with Crippen molar-refractivity contribution in [1.29, 1.82) is 0 Å². The van der Waals surface area contributed by atoms with Crippen LogP contribution >= 0.6 is 0 Å². The SMILES string of the molecule is Cc1nc2ccc(F)cn2c1C(=O)NCCCCCO. The molecule has 20 heavy (non-hydrogen) atoms. The van der Waals surface area contributed by atoms with Crippen LogP contribution in [-0.4, -0.2) is 33.6 Å². The first-order valence-corrected chi connectivity index (χ1v) is 6.66. The van der Waals surface area contributed by atoms with Gasteiger partial charge in [0.05, 0.1) is 5.69 Å². The molecular formula is C14H18FN3O2. The van der Waals surface area contributed by atoms with Crippen molar-refractivity contribution in [2.24, 2.45) is 0 Å². The summed E-state index contributed by atoms with van der Waals surface area (Å²) in [6.07, 6.45) is 3.65. The lowest BCUT2D eigenvalue weighted by atomic mass is 10.2. The number of aliphatic hydroxyl groups is 1. The Bertz CT molecular complexity index is 610. The number of halogens is 1. The molecule has 1 amide bonds. The van der Waals surface area contributed by atoms with Crippen LogP contribution in [0.1, 0.15) is 35.4 Å². The predicted molar refractivity (Wildman–Crippen MR) is 73.2 cm³/mol. The molecule has 0 aliphatic rings. The van der Waals surface area contributed by atoms with Crippen molar-refractivity contribution in [3.05, 3.63) is 35.5 Å². The molecule has 0 spiro atoms. The van der Waals surface area contributed by atoms with Crippen LogP contribution in [0.2, 0.25) is 0 Å². The van der Waals surface area contributed by atoms with Crippen LogP contribution in [0.15, 0.2) is 18.3 Å². The summed E-state index contributed by atoms with van der Waals surface area (Å²) < 4.78 is 14.7. The molecule has 0 saturated carbocycles. The van der Waals surface area contributed by atoms with Crippen LogP contribution in [0.4, 0.5) is 4.39 Å². The van der Waals surface area contributed by atoms with E-state index >= 15 is 0 Å². The Labute approximate surface area is 116 Å². The molecular weight excluding hydrogens is 261 g/mol. The van der Waals surface area contributed by atoms with Gasteiger partial charge in [-0.25, -0.2) is 9.37 Å². The summed E-state index contributed by atoms with van der Waals surface area (Å²) in [6, 6.07) is 2.86. The number of nitrogens with zero attached hydrogens (tertiary/aromatic N) is 2. The van der Waals surface area contributed by atoms with Crippen LogP contribution in [0.5, 0.6) is 0 Å². The number of aliphatic hydroxyl groups excluding tert-OH is 1. The molecule has 0 atom stereocenters. The zero-order valence-electron chi connectivity index (χ0n) is 11.4. The average molecular weight is 279 g/mol. The van der Waals surface area contributed by atoms with Gasteiger partial charge < -0.3 is 10.4 Å². The van der Waals surface area contributed by atoms with Crippen LogP contribution in [0.25, 0.3) is 5.65 Å². The van der Waals surface area contributed by atoms with Gasteiger partial charge in [0.25, 0.3) is 5.91 Å². The lowest BCUT2D eigenvalue weighted by Gasteiger charge is -2.05. The number of aryl methyl sites for hydroxylation is 1. The highest BCUT2D eigenvalue weighted by molar-refractivity contribution is 5.94. The van der Waals surface area contributed by atoms with E-state index in [9.17, 15) is 9.18 Å². The second kappa shape index (κ2) is 6.47. The van der Waals surface area contributed by atoms with Crippen molar-refractivity contribution >= 4 is 11.6 Å². The summed E-state index contributed by atoms with van der Waals surface area (Å²) >= 11 is 0. The fraction of sp³-hybridized carbons (Fsp3) is 0.429. The monoisotopic (exact) mass is 279 g/mol. The van der Waals surface area contributed by atoms with Crippen molar-refractivity contribution in [1.82, 2.24) is 14.7 Å². The minimum atomic E-state index is -0.410. The molecule has 0 fully saturated rings. The largest absolute Gasteiger partial charge is 0.396 e. The lowest BCUT2D eigenvalue weighted by Crippen LogP contribution is -2.26. The van der Waals surface area contributed by atoms with Crippen LogP contribution in [0, 0.1) is 12.7 Å². The summed E-state index contributed by atoms with van der Waals surface area (Å²) in [4.78, 5) is 16.4. The Balaban J connectivity index is 2.09. The molecule has 0 saturated heterocycles. The van der Waals surface area contributed by atoms with E-state index in [0.717, 1.165) is 19.3 Å². The van der Waals surface area contributed by atoms with E-state index in [2.05, 4.69) is 10.3 Å². The van der Waals surface area contributed by atoms with Crippen molar-refractivity contribution in [3.63, 3.8) is 0 Å². The van der Waals surface area contributed by atoms with E-state index in [1.165, 1.54) is 16.7 Å². The minimum absolute atomic E-state index is 0.166. The number of imidazole rings is 1. The van der Waals surface area contributed by atoms with Crippen molar-refractivity contribution in [2.45, 2.75) is 26.2 Å². The summed E-state index contributed by atoms with van der Waals surface area (Å²) in [6.45, 7) is 2.42. The molecule has 2 aromatic heterocycles. The van der Waals surface area contributed by atoms with Crippen LogP contribution in [-0.2, 0) is 0 Å². The number of hydrogen-bond acceptors (Lipinski definition) is 3. The number of nitrogens with one attached hydrogen (secondary N) is 1. The predicted octanol–water partition coefficient (Wildman–Crippen LogP) is 1.67. The van der Waals surface area contributed by atoms with Crippen molar-refractivity contribution < 1.29 is 14.3 Å². The summed E-state index contributed by atoms with van der Waals surface area (Å²) in [5, 5.41) is 11.5. The molecule has 0 radical (unpaired) electrons. The van der Waals surface area contributed by atoms with E-state index in [1.54, 1.807) is 13.0 Å². The van der Waals surface area contributed by atoms with E-state index in [0.29, 0.717) is 23.6 Å². The quantitative estimate of drug-likeness (QED) is 0.791. The normalized spacial score (nSPS) is 10.9. The lowest BCUT2D eigenvalue weighted by molar-refractivity contribution is 0.0946. The fourth-order valence-electron chi connectivity index (χ4n) is 2.11. The maximum Gasteiger partial charge on any atom is 0.270 e. The van der Waals surface area contributed by atoms with E-state index in [1.807, 2.05) is 0 Å². The van der Waals surface area contributed by atoms with Gasteiger partial charge in [-0.15, -0.1) is 0 Å². The van der Waals surface area contributed by atoms with E-state index < -0.39 is 5.82 Å². The third-order valence-electron chi connectivity index (χ3n) is 3.09. The van der Waals surface area contributed by atoms with Gasteiger partial charge in [0, 0.05) is 19.3 Å². The number of amides is 1. The highest BCUT2D eigenvalue weighted by Gasteiger charge is 2.16. The summed E-state index contributed by atoms with van der Waals surface area (Å²) in [7, 11) is 0. The average Bonchev–Trinajstić information content (AvgIpc) is 2.73. The number of fused-ring (bicyclic) bond motifs is 1. The molecule has 6 heteroatoms. The Morgan fingerprint density at radius 2 is 2.20 bits per heavy atom. The maximum absolute atomic E-state index is 13.3. The number of carbonyl (C=O) groups excluding carboxylic acids is 1. The first kappa shape index (κ1) is 14.5. The molecule has 0 bridgehead atoms. The fourth-order valence-corrected chi connectivity index (χ4v) is 2.11. The smallest absolute Gasteiger partial charge is 0.270 e. The minimum Gasteiger partial charge on any atom is -0.396 e.